The number of phenols is 1. The van der Waals surface area contributed by atoms with Gasteiger partial charge in [-0.15, -0.1) is 5.10 Å². The van der Waals surface area contributed by atoms with E-state index in [-0.39, 0.29) is 129 Å². The lowest BCUT2D eigenvalue weighted by atomic mass is 9.79. The highest BCUT2D eigenvalue weighted by Crippen LogP contribution is 2.43. The van der Waals surface area contributed by atoms with Gasteiger partial charge in [0.25, 0.3) is 17.4 Å². The molecule has 103 heavy (non-hydrogen) atoms. The number of aryl methyl sites for hydroxylation is 2. The number of Topliss-reactive ketones (excluding diaryl/α,β-unsaturated/α-hetero) is 3. The fraction of sp³-hybridized carbons (Fsp3) is 0.644. The highest BCUT2D eigenvalue weighted by Gasteiger charge is 2.51. The van der Waals surface area contributed by atoms with Crippen molar-refractivity contribution in [1.29, 1.82) is 0 Å². The second kappa shape index (κ2) is 42.2. The number of imide groups is 1. The van der Waals surface area contributed by atoms with Gasteiger partial charge in [-0.3, -0.25) is 38.5 Å². The molecule has 3 unspecified atom stereocenters. The Hall–Kier alpha value is -7.78. The van der Waals surface area contributed by atoms with E-state index >= 15 is 0 Å². The van der Waals surface area contributed by atoms with Gasteiger partial charge < -0.3 is 77.6 Å². The van der Waals surface area contributed by atoms with E-state index in [1.54, 1.807) is 34.4 Å². The maximum Gasteiger partial charge on any atom is 0.509 e. The molecule has 6 heterocycles. The molecule has 0 spiro atoms. The maximum atomic E-state index is 14.2. The van der Waals surface area contributed by atoms with Crippen LogP contribution in [0.1, 0.15) is 126 Å². The third kappa shape index (κ3) is 24.1. The number of phenolic OH excluding ortho intramolecular Hbond substituents is 1. The Morgan fingerprint density at radius 3 is 1.95 bits per heavy atom. The quantitative estimate of drug-likeness (QED) is 0.0262. The zero-order valence-electron chi connectivity index (χ0n) is 59.9. The van der Waals surface area contributed by atoms with Crippen molar-refractivity contribution in [2.45, 2.75) is 143 Å². The smallest absolute Gasteiger partial charge is 0.508 e. The third-order valence-electron chi connectivity index (χ3n) is 18.7. The van der Waals surface area contributed by atoms with Crippen molar-refractivity contribution >= 4 is 58.1 Å². The van der Waals surface area contributed by atoms with E-state index in [1.807, 2.05) is 27.0 Å². The molecule has 3 amide bonds. The van der Waals surface area contributed by atoms with Gasteiger partial charge in [0.15, 0.2) is 11.6 Å². The molecule has 1 aliphatic carbocycles. The number of cyclic esters (lactones) is 1. The van der Waals surface area contributed by atoms with Crippen molar-refractivity contribution < 1.29 is 100 Å². The van der Waals surface area contributed by atoms with Crippen LogP contribution in [0.25, 0.3) is 22.3 Å². The molecule has 1 aromatic carbocycles. The summed E-state index contributed by atoms with van der Waals surface area (Å²) in [5.41, 5.74) is 7.71. The monoisotopic (exact) mass is 1440 g/mol. The number of nitrogens with two attached hydrogens (primary N) is 1. The fourth-order valence-electron chi connectivity index (χ4n) is 12.8. The zero-order chi connectivity index (χ0) is 73.5. The van der Waals surface area contributed by atoms with E-state index < -0.39 is 41.2 Å². The van der Waals surface area contributed by atoms with Crippen LogP contribution in [0.5, 0.6) is 5.75 Å². The molecule has 4 N–H and O–H groups in total. The number of nitrogens with zero attached hydrogens (tertiary/aromatic N) is 6. The van der Waals surface area contributed by atoms with Gasteiger partial charge in [-0.2, -0.15) is 0 Å². The van der Waals surface area contributed by atoms with Crippen LogP contribution in [0.2, 0.25) is 0 Å². The molecule has 3 atom stereocenters. The zero-order valence-corrected chi connectivity index (χ0v) is 59.9. The first-order chi connectivity index (χ1) is 49.9. The molecule has 1 saturated carbocycles. The summed E-state index contributed by atoms with van der Waals surface area (Å²) in [5, 5.41) is 22.3. The summed E-state index contributed by atoms with van der Waals surface area (Å²) in [6.45, 7) is 13.7. The van der Waals surface area contributed by atoms with Crippen molar-refractivity contribution in [3.8, 4) is 17.1 Å². The van der Waals surface area contributed by atoms with Crippen LogP contribution in [-0.4, -0.2) is 226 Å². The van der Waals surface area contributed by atoms with Crippen molar-refractivity contribution in [1.82, 2.24) is 34.8 Å². The first-order valence-electron chi connectivity index (χ1n) is 36.1. The van der Waals surface area contributed by atoms with Crippen LogP contribution >= 0.6 is 0 Å². The van der Waals surface area contributed by atoms with E-state index in [4.69, 9.17) is 67.6 Å². The lowest BCUT2D eigenvalue weighted by Crippen LogP contribution is -2.48. The Labute approximate surface area is 599 Å². The van der Waals surface area contributed by atoms with Crippen LogP contribution < -0.4 is 16.6 Å². The van der Waals surface area contributed by atoms with Gasteiger partial charge in [0.2, 0.25) is 11.5 Å². The van der Waals surface area contributed by atoms with Gasteiger partial charge in [-0.1, -0.05) is 32.9 Å². The van der Waals surface area contributed by atoms with E-state index in [9.17, 15) is 48.3 Å². The molecule has 30 nitrogen and oxygen atoms in total. The largest absolute Gasteiger partial charge is 0.509 e. The number of fused-ring (bicyclic) bond motifs is 5. The number of aromatic hydroxyl groups is 1. The molecule has 3 aromatic heterocycles. The summed E-state index contributed by atoms with van der Waals surface area (Å²) in [5.74, 6) is -2.99. The van der Waals surface area contributed by atoms with Crippen molar-refractivity contribution in [3.63, 3.8) is 0 Å². The molecule has 0 radical (unpaired) electrons. The van der Waals surface area contributed by atoms with Crippen molar-refractivity contribution in [3.05, 3.63) is 80.9 Å². The topological polar surface area (TPSA) is 374 Å². The first-order valence-corrected chi connectivity index (χ1v) is 36.1. The highest BCUT2D eigenvalue weighted by molar-refractivity contribution is 6.12. The lowest BCUT2D eigenvalue weighted by molar-refractivity contribution is -0.175. The fourth-order valence-corrected chi connectivity index (χ4v) is 12.8. The molecule has 4 aromatic rings. The van der Waals surface area contributed by atoms with E-state index in [1.165, 1.54) is 23.1 Å². The Bertz CT molecular complexity index is 3550. The number of esters is 1. The lowest BCUT2D eigenvalue weighted by Gasteiger charge is -2.35. The summed E-state index contributed by atoms with van der Waals surface area (Å²) >= 11 is 0. The number of aromatic nitrogens is 5. The second-order valence-electron chi connectivity index (χ2n) is 26.2. The Balaban J connectivity index is 0.576. The average Bonchev–Trinajstić information content (AvgIpc) is 1.63. The molecule has 1 fully saturated rings. The van der Waals surface area contributed by atoms with Crippen LogP contribution in [0.15, 0.2) is 47.4 Å². The molecular weight excluding hydrogens is 1340 g/mol. The van der Waals surface area contributed by atoms with Crippen molar-refractivity contribution in [2.75, 3.05) is 139 Å². The molecule has 3 aliphatic heterocycles. The van der Waals surface area contributed by atoms with Crippen LogP contribution in [0.3, 0.4) is 0 Å². The van der Waals surface area contributed by atoms with Crippen molar-refractivity contribution in [2.24, 2.45) is 29.4 Å². The van der Waals surface area contributed by atoms with Gasteiger partial charge in [0.1, 0.15) is 38.0 Å². The number of carbonyl (C=O) groups excluding carboxylic acids is 8. The van der Waals surface area contributed by atoms with Crippen LogP contribution in [-0.2, 0) is 129 Å². The van der Waals surface area contributed by atoms with Gasteiger partial charge in [-0.25, -0.2) is 19.3 Å². The number of amides is 3. The number of hydrogen-bond donors (Lipinski definition) is 3. The third-order valence-corrected chi connectivity index (χ3v) is 18.7. The number of pyridine rings is 2. The number of nitrogens with one attached hydrogen (secondary N) is 1. The minimum absolute atomic E-state index is 0.00296. The summed E-state index contributed by atoms with van der Waals surface area (Å²) in [4.78, 5) is 124. The number of carbonyl (C=O) groups is 8. The average molecular weight is 1440 g/mol. The standard InChI is InChI=1S/C73H102N8O22/c1-5-57-58-40-54(82)16-17-62(58)75-68-59(57)44-80-64(68)41-61-60(70(80)89)47-101-71(90)73(61,6-2)103-72(91)102-48-63(49(3)4)76-69(88)52(9-7-21-74)39-56(84)46-100-45-55(83)10-8-23-92-25-27-94-29-31-96-33-35-98-37-38-99-36-34-97-32-30-95-28-26-93-24-22-79-43-53(77-78-79)15-18-65(85)51-13-11-50(12-14-51)42-81-66(86)19-20-67(81)87/h16-17,19-20,40-41,43,49-52,63,82H,5-15,18,21-39,42,44-48,74H2,1-4H3,(H,76,88). The molecule has 566 valence electrons. The summed E-state index contributed by atoms with van der Waals surface area (Å²) < 4.78 is 70.2. The molecule has 0 saturated heterocycles. The highest BCUT2D eigenvalue weighted by atomic mass is 16.7. The first kappa shape index (κ1) is 80.9. The maximum absolute atomic E-state index is 14.2. The van der Waals surface area contributed by atoms with Gasteiger partial charge >= 0.3 is 12.1 Å². The summed E-state index contributed by atoms with van der Waals surface area (Å²) in [6.07, 6.45) is 9.01. The van der Waals surface area contributed by atoms with Gasteiger partial charge in [-0.05, 0) is 106 Å². The number of hydrogen-bond acceptors (Lipinski definition) is 26. The van der Waals surface area contributed by atoms with Crippen LogP contribution in [0.4, 0.5) is 4.79 Å². The summed E-state index contributed by atoms with van der Waals surface area (Å²) in [6, 6.07) is 5.79. The second-order valence-corrected chi connectivity index (χ2v) is 26.2. The van der Waals surface area contributed by atoms with Gasteiger partial charge in [0, 0.05) is 85.5 Å². The number of ketones is 3. The van der Waals surface area contributed by atoms with Crippen LogP contribution in [0, 0.1) is 23.7 Å². The minimum atomic E-state index is -2.05. The number of rotatable bonds is 51. The normalized spacial score (nSPS) is 17.5. The predicted octanol–water partition coefficient (Wildman–Crippen LogP) is 4.99. The number of ether oxygens (including phenoxy) is 12. The molecule has 0 bridgehead atoms. The predicted molar refractivity (Wildman–Crippen MR) is 370 cm³/mol. The Morgan fingerprint density at radius 2 is 1.35 bits per heavy atom. The van der Waals surface area contributed by atoms with E-state index in [2.05, 4.69) is 15.6 Å². The Kier molecular flexibility index (Phi) is 33.2. The van der Waals surface area contributed by atoms with Gasteiger partial charge in [0.05, 0.1) is 146 Å². The molecular formula is C73H102N8O22. The number of benzene rings is 1. The minimum Gasteiger partial charge on any atom is -0.508 e. The van der Waals surface area contributed by atoms with E-state index in [0.717, 1.165) is 47.9 Å². The SMILES string of the molecule is CCc1c2c(nc3ccc(O)cc13)-c1cc3c(c(=O)n1C2)COC(=O)C3(CC)OC(=O)OCC(NC(=O)C(CCCN)CC(=O)COCC(=O)CCCOCCOCCOCCOCCOCCOCCOCCOCCn1cc(CCC(=O)C2CCC(CN3C(=O)C=CC3=O)CC2)nn1)C(C)C. The van der Waals surface area contributed by atoms with E-state index in [0.29, 0.717) is 168 Å². The molecule has 4 aliphatic rings. The molecule has 8 rings (SSSR count). The Morgan fingerprint density at radius 1 is 0.738 bits per heavy atom. The molecule has 30 heteroatoms. The summed E-state index contributed by atoms with van der Waals surface area (Å²) in [7, 11) is 0.